The van der Waals surface area contributed by atoms with Gasteiger partial charge in [0, 0.05) is 10.8 Å². The number of sulfone groups is 1. The highest BCUT2D eigenvalue weighted by atomic mass is 35.5. The Morgan fingerprint density at radius 1 is 1.22 bits per heavy atom. The van der Waals surface area contributed by atoms with Crippen LogP contribution in [0.25, 0.3) is 0 Å². The van der Waals surface area contributed by atoms with Crippen LogP contribution in [0.2, 0.25) is 5.02 Å². The molecule has 0 spiro atoms. The first-order valence-electron chi connectivity index (χ1n) is 6.14. The number of benzene rings is 1. The van der Waals surface area contributed by atoms with Crippen LogP contribution < -0.4 is 5.73 Å². The first kappa shape index (κ1) is 15.5. The molecule has 0 fully saturated rings. The molecule has 0 amide bonds. The van der Waals surface area contributed by atoms with E-state index in [0.29, 0.717) is 24.4 Å². The molecule has 0 aromatic heterocycles. The lowest BCUT2D eigenvalue weighted by Gasteiger charge is -2.15. The third-order valence-electron chi connectivity index (χ3n) is 2.92. The average molecular weight is 290 g/mol. The fourth-order valence-corrected chi connectivity index (χ4v) is 3.49. The Kier molecular flexibility index (Phi) is 6.12. The maximum Gasteiger partial charge on any atom is 0.150 e. The van der Waals surface area contributed by atoms with Crippen LogP contribution in [-0.4, -0.2) is 26.5 Å². The van der Waals surface area contributed by atoms with Gasteiger partial charge in [-0.05, 0) is 43.0 Å². The number of halogens is 1. The molecule has 0 saturated carbocycles. The zero-order valence-corrected chi connectivity index (χ0v) is 12.2. The van der Waals surface area contributed by atoms with Crippen LogP contribution in [0.15, 0.2) is 24.3 Å². The Bertz CT molecular complexity index is 456. The van der Waals surface area contributed by atoms with Crippen molar-refractivity contribution >= 4 is 21.4 Å². The van der Waals surface area contributed by atoms with Crippen molar-refractivity contribution in [3.8, 4) is 0 Å². The molecule has 5 heteroatoms. The van der Waals surface area contributed by atoms with Crippen LogP contribution in [0.3, 0.4) is 0 Å². The van der Waals surface area contributed by atoms with Gasteiger partial charge in [0.05, 0.1) is 5.75 Å². The molecule has 0 radical (unpaired) electrons. The molecule has 0 heterocycles. The molecule has 3 nitrogen and oxygen atoms in total. The van der Waals surface area contributed by atoms with Crippen molar-refractivity contribution < 1.29 is 8.42 Å². The molecule has 18 heavy (non-hydrogen) atoms. The Labute approximate surface area is 114 Å². The molecular formula is C13H20ClNO2S. The molecule has 0 aliphatic carbocycles. The van der Waals surface area contributed by atoms with Gasteiger partial charge in [-0.3, -0.25) is 0 Å². The minimum atomic E-state index is -2.93. The fraction of sp³-hybridized carbons (Fsp3) is 0.538. The quantitative estimate of drug-likeness (QED) is 0.839. The van der Waals surface area contributed by atoms with Gasteiger partial charge >= 0.3 is 0 Å². The van der Waals surface area contributed by atoms with E-state index in [-0.39, 0.29) is 17.4 Å². The summed E-state index contributed by atoms with van der Waals surface area (Å²) in [4.78, 5) is 0. The average Bonchev–Trinajstić information content (AvgIpc) is 2.32. The van der Waals surface area contributed by atoms with Crippen molar-refractivity contribution in [3.05, 3.63) is 34.9 Å². The summed E-state index contributed by atoms with van der Waals surface area (Å²) in [6.07, 6.45) is 1.23. The van der Waals surface area contributed by atoms with E-state index < -0.39 is 9.84 Å². The van der Waals surface area contributed by atoms with Crippen LogP contribution in [-0.2, 0) is 9.84 Å². The lowest BCUT2D eigenvalue weighted by atomic mass is 9.97. The van der Waals surface area contributed by atoms with Gasteiger partial charge in [-0.25, -0.2) is 8.42 Å². The van der Waals surface area contributed by atoms with E-state index >= 15 is 0 Å². The predicted octanol–water partition coefficient (Wildman–Crippen LogP) is 2.60. The maximum absolute atomic E-state index is 11.7. The lowest BCUT2D eigenvalue weighted by molar-refractivity contribution is 0.583. The van der Waals surface area contributed by atoms with Crippen LogP contribution in [0.4, 0.5) is 0 Å². The van der Waals surface area contributed by atoms with Crippen LogP contribution >= 0.6 is 11.6 Å². The summed E-state index contributed by atoms with van der Waals surface area (Å²) in [6.45, 7) is 2.32. The molecule has 0 aliphatic rings. The van der Waals surface area contributed by atoms with Crippen LogP contribution in [0.5, 0.6) is 0 Å². The Balaban J connectivity index is 2.65. The summed E-state index contributed by atoms with van der Waals surface area (Å²) >= 11 is 5.82. The van der Waals surface area contributed by atoms with E-state index in [1.54, 1.807) is 12.1 Å². The third-order valence-corrected chi connectivity index (χ3v) is 5.06. The molecule has 1 aromatic carbocycles. The summed E-state index contributed by atoms with van der Waals surface area (Å²) in [5.41, 5.74) is 6.77. The SMILES string of the molecule is CCCS(=O)(=O)CCC(CN)c1ccc(Cl)cc1. The highest BCUT2D eigenvalue weighted by molar-refractivity contribution is 7.91. The number of hydrogen-bond donors (Lipinski definition) is 1. The Hall–Kier alpha value is -0.580. The topological polar surface area (TPSA) is 60.2 Å². The van der Waals surface area contributed by atoms with Gasteiger partial charge in [0.2, 0.25) is 0 Å². The second-order valence-electron chi connectivity index (χ2n) is 4.42. The molecule has 0 bridgehead atoms. The monoisotopic (exact) mass is 289 g/mol. The maximum atomic E-state index is 11.7. The van der Waals surface area contributed by atoms with Crippen LogP contribution in [0, 0.1) is 0 Å². The highest BCUT2D eigenvalue weighted by Gasteiger charge is 2.15. The summed E-state index contributed by atoms with van der Waals surface area (Å²) in [6, 6.07) is 7.43. The van der Waals surface area contributed by atoms with Crippen LogP contribution in [0.1, 0.15) is 31.2 Å². The second kappa shape index (κ2) is 7.12. The van der Waals surface area contributed by atoms with Gasteiger partial charge in [0.25, 0.3) is 0 Å². The molecule has 1 aromatic rings. The Morgan fingerprint density at radius 2 is 1.83 bits per heavy atom. The molecule has 102 valence electrons. The third kappa shape index (κ3) is 4.96. The molecule has 1 unspecified atom stereocenters. The fourth-order valence-electron chi connectivity index (χ4n) is 1.89. The van der Waals surface area contributed by atoms with Crippen molar-refractivity contribution in [1.29, 1.82) is 0 Å². The van der Waals surface area contributed by atoms with Gasteiger partial charge in [0.1, 0.15) is 9.84 Å². The smallest absolute Gasteiger partial charge is 0.150 e. The van der Waals surface area contributed by atoms with Gasteiger partial charge in [-0.1, -0.05) is 30.7 Å². The predicted molar refractivity (Wildman–Crippen MR) is 76.8 cm³/mol. The molecule has 1 rings (SSSR count). The van der Waals surface area contributed by atoms with Gasteiger partial charge in [0.15, 0.2) is 0 Å². The first-order chi connectivity index (χ1) is 8.48. The zero-order chi connectivity index (χ0) is 13.6. The summed E-state index contributed by atoms with van der Waals surface area (Å²) < 4.78 is 23.3. The molecular weight excluding hydrogens is 270 g/mol. The lowest BCUT2D eigenvalue weighted by Crippen LogP contribution is -2.18. The van der Waals surface area contributed by atoms with Crippen molar-refractivity contribution in [2.24, 2.45) is 5.73 Å². The number of hydrogen-bond acceptors (Lipinski definition) is 3. The summed E-state index contributed by atoms with van der Waals surface area (Å²) in [5, 5.41) is 0.674. The van der Waals surface area contributed by atoms with E-state index in [1.165, 1.54) is 0 Å². The summed E-state index contributed by atoms with van der Waals surface area (Å²) in [7, 11) is -2.93. The first-order valence-corrected chi connectivity index (χ1v) is 8.34. The largest absolute Gasteiger partial charge is 0.330 e. The van der Waals surface area contributed by atoms with Gasteiger partial charge < -0.3 is 5.73 Å². The zero-order valence-electron chi connectivity index (χ0n) is 10.6. The standard InChI is InChI=1S/C13H20ClNO2S/c1-2-8-18(16,17)9-7-12(10-15)11-3-5-13(14)6-4-11/h3-6,12H,2,7-10,15H2,1H3. The normalized spacial score (nSPS) is 13.5. The Morgan fingerprint density at radius 3 is 2.33 bits per heavy atom. The minimum absolute atomic E-state index is 0.0777. The minimum Gasteiger partial charge on any atom is -0.330 e. The molecule has 1 atom stereocenters. The van der Waals surface area contributed by atoms with E-state index in [0.717, 1.165) is 5.56 Å². The summed E-state index contributed by atoms with van der Waals surface area (Å²) in [5.74, 6) is 0.532. The van der Waals surface area contributed by atoms with Gasteiger partial charge in [-0.2, -0.15) is 0 Å². The molecule has 2 N–H and O–H groups in total. The van der Waals surface area contributed by atoms with E-state index in [4.69, 9.17) is 17.3 Å². The van der Waals surface area contributed by atoms with Crippen molar-refractivity contribution in [3.63, 3.8) is 0 Å². The van der Waals surface area contributed by atoms with Crippen molar-refractivity contribution in [2.45, 2.75) is 25.7 Å². The van der Waals surface area contributed by atoms with Crippen molar-refractivity contribution in [2.75, 3.05) is 18.1 Å². The number of rotatable bonds is 7. The van der Waals surface area contributed by atoms with Gasteiger partial charge in [-0.15, -0.1) is 0 Å². The van der Waals surface area contributed by atoms with E-state index in [9.17, 15) is 8.42 Å². The van der Waals surface area contributed by atoms with Crippen molar-refractivity contribution in [1.82, 2.24) is 0 Å². The van der Waals surface area contributed by atoms with E-state index in [1.807, 2.05) is 19.1 Å². The van der Waals surface area contributed by atoms with E-state index in [2.05, 4.69) is 0 Å². The number of nitrogens with two attached hydrogens (primary N) is 1. The molecule has 0 saturated heterocycles. The highest BCUT2D eigenvalue weighted by Crippen LogP contribution is 2.21. The molecule has 0 aliphatic heterocycles. The second-order valence-corrected chi connectivity index (χ2v) is 7.16.